The van der Waals surface area contributed by atoms with Gasteiger partial charge in [-0.2, -0.15) is 0 Å². The van der Waals surface area contributed by atoms with Gasteiger partial charge in [0.25, 0.3) is 0 Å². The highest BCUT2D eigenvalue weighted by molar-refractivity contribution is 7.74. The minimum atomic E-state index is -3.27. The Morgan fingerprint density at radius 2 is 1.58 bits per heavy atom. The van der Waals surface area contributed by atoms with Crippen LogP contribution in [0.4, 0.5) is 33.1 Å². The number of thiol groups is 1. The molecule has 1 amide bonds. The van der Waals surface area contributed by atoms with Gasteiger partial charge in [-0.05, 0) is 60.5 Å². The Kier molecular flexibility index (Phi) is 9.70. The van der Waals surface area contributed by atoms with Crippen molar-refractivity contribution in [3.05, 3.63) is 102 Å². The van der Waals surface area contributed by atoms with Crippen LogP contribution >= 0.6 is 0 Å². The molecule has 0 unspecified atom stereocenters. The second-order valence-electron chi connectivity index (χ2n) is 9.93. The molecule has 0 atom stereocenters. The van der Waals surface area contributed by atoms with E-state index in [2.05, 4.69) is 25.9 Å². The molecule has 0 saturated heterocycles. The molecule has 13 heteroatoms. The van der Waals surface area contributed by atoms with Gasteiger partial charge in [-0.1, -0.05) is 24.3 Å². The summed E-state index contributed by atoms with van der Waals surface area (Å²) in [4.78, 5) is 22.1. The zero-order valence-corrected chi connectivity index (χ0v) is 25.6. The first-order chi connectivity index (χ1) is 21.7. The molecule has 0 aliphatic carbocycles. The smallest absolute Gasteiger partial charge is 0.238 e. The molecule has 4 aromatic carbocycles. The molecule has 45 heavy (non-hydrogen) atoms. The lowest BCUT2D eigenvalue weighted by molar-refractivity contribution is -0.115. The third-order valence-corrected chi connectivity index (χ3v) is 7.56. The number of ether oxygens (including phenoxy) is 2. The average Bonchev–Trinajstić information content (AvgIpc) is 3.02. The molecule has 1 aromatic heterocycles. The number of para-hydroxylation sites is 2. The maximum Gasteiger partial charge on any atom is 0.238 e. The van der Waals surface area contributed by atoms with Gasteiger partial charge >= 0.3 is 0 Å². The summed E-state index contributed by atoms with van der Waals surface area (Å²) in [5, 5.41) is 8.94. The molecular weight excluding hydrogens is 599 g/mol. The predicted molar refractivity (Wildman–Crippen MR) is 173 cm³/mol. The molecule has 1 heterocycles. The van der Waals surface area contributed by atoms with Gasteiger partial charge in [-0.15, -0.1) is 0 Å². The van der Waals surface area contributed by atoms with Crippen molar-refractivity contribution >= 4 is 56.5 Å². The number of aryl methyl sites for hydroxylation is 1. The first-order valence-corrected chi connectivity index (χ1v) is 14.9. The molecule has 0 bridgehead atoms. The van der Waals surface area contributed by atoms with Gasteiger partial charge < -0.3 is 25.4 Å². The summed E-state index contributed by atoms with van der Waals surface area (Å²) in [5.74, 6) is 0.499. The minimum Gasteiger partial charge on any atom is -0.497 e. The van der Waals surface area contributed by atoms with E-state index in [4.69, 9.17) is 9.47 Å². The van der Waals surface area contributed by atoms with E-state index in [-0.39, 0.29) is 35.6 Å². The van der Waals surface area contributed by atoms with Crippen molar-refractivity contribution in [2.45, 2.75) is 13.5 Å². The average molecular weight is 631 g/mol. The fourth-order valence-electron chi connectivity index (χ4n) is 4.59. The van der Waals surface area contributed by atoms with Crippen LogP contribution in [0.3, 0.4) is 0 Å². The van der Waals surface area contributed by atoms with E-state index in [1.165, 1.54) is 32.4 Å². The molecule has 11 nitrogen and oxygen atoms in total. The third kappa shape index (κ3) is 7.63. The molecule has 5 rings (SSSR count). The quantitative estimate of drug-likeness (QED) is 0.137. The second kappa shape index (κ2) is 14.0. The van der Waals surface area contributed by atoms with Crippen molar-refractivity contribution in [2.75, 3.05) is 35.7 Å². The molecule has 0 spiro atoms. The maximum atomic E-state index is 13.6. The molecule has 0 aliphatic heterocycles. The van der Waals surface area contributed by atoms with Gasteiger partial charge in [-0.3, -0.25) is 4.79 Å². The van der Waals surface area contributed by atoms with Crippen molar-refractivity contribution in [1.29, 1.82) is 0 Å². The second-order valence-corrected chi connectivity index (χ2v) is 10.8. The summed E-state index contributed by atoms with van der Waals surface area (Å²) >= 11 is 0. The third-order valence-electron chi connectivity index (χ3n) is 6.82. The maximum absolute atomic E-state index is 13.6. The number of fused-ring (bicyclic) bond motifs is 1. The molecule has 0 radical (unpaired) electrons. The summed E-state index contributed by atoms with van der Waals surface area (Å²) in [6, 6.07) is 23.1. The Morgan fingerprint density at radius 1 is 0.867 bits per heavy atom. The number of nitrogens with zero attached hydrogens (tertiary/aromatic N) is 3. The van der Waals surface area contributed by atoms with Crippen LogP contribution in [-0.4, -0.2) is 45.1 Å². The summed E-state index contributed by atoms with van der Waals surface area (Å²) < 4.78 is 51.0. The zero-order valence-electron chi connectivity index (χ0n) is 24.7. The van der Waals surface area contributed by atoms with Crippen LogP contribution in [0.2, 0.25) is 0 Å². The highest BCUT2D eigenvalue weighted by atomic mass is 32.2. The Balaban J connectivity index is 1.43. The lowest BCUT2D eigenvalue weighted by atomic mass is 10.1. The Morgan fingerprint density at radius 3 is 2.27 bits per heavy atom. The zero-order chi connectivity index (χ0) is 31.9. The molecule has 232 valence electrons. The highest BCUT2D eigenvalue weighted by Crippen LogP contribution is 2.35. The van der Waals surface area contributed by atoms with Crippen molar-refractivity contribution in [3.63, 3.8) is 0 Å². The van der Waals surface area contributed by atoms with E-state index in [1.807, 2.05) is 6.92 Å². The van der Waals surface area contributed by atoms with E-state index < -0.39 is 10.9 Å². The van der Waals surface area contributed by atoms with Gasteiger partial charge in [0, 0.05) is 36.1 Å². The number of carbonyl (C=O) groups is 1. The molecule has 0 aliphatic rings. The topological polar surface area (TPSA) is 135 Å². The van der Waals surface area contributed by atoms with Gasteiger partial charge in [0.05, 0.1) is 37.5 Å². The minimum absolute atomic E-state index is 0.0159. The number of halogens is 1. The number of carbonyl (C=O) groups excluding carboxylic acids is 1. The van der Waals surface area contributed by atoms with E-state index in [0.717, 1.165) is 15.4 Å². The normalized spacial score (nSPS) is 11.0. The van der Waals surface area contributed by atoms with E-state index in [9.17, 15) is 17.6 Å². The molecule has 0 fully saturated rings. The van der Waals surface area contributed by atoms with Crippen molar-refractivity contribution < 1.29 is 27.1 Å². The number of nitrogens with one attached hydrogen (secondary N) is 3. The Bertz CT molecular complexity index is 1910. The fourth-order valence-corrected chi connectivity index (χ4v) is 5.20. The first-order valence-electron chi connectivity index (χ1n) is 13.8. The molecule has 5 aromatic rings. The van der Waals surface area contributed by atoms with E-state index >= 15 is 0 Å². The number of benzene rings is 4. The summed E-state index contributed by atoms with van der Waals surface area (Å²) in [6.45, 7) is 2.12. The van der Waals surface area contributed by atoms with E-state index in [0.29, 0.717) is 40.5 Å². The van der Waals surface area contributed by atoms with Crippen LogP contribution in [-0.2, 0) is 22.2 Å². The summed E-state index contributed by atoms with van der Waals surface area (Å²) in [6.07, 6.45) is 0. The Hall–Kier alpha value is -5.27. The number of methoxy groups -OCH3 is 2. The van der Waals surface area contributed by atoms with Crippen LogP contribution in [0.15, 0.2) is 84.9 Å². The van der Waals surface area contributed by atoms with Crippen molar-refractivity contribution in [3.8, 4) is 11.5 Å². The molecule has 3 N–H and O–H groups in total. The summed E-state index contributed by atoms with van der Waals surface area (Å²) in [5.41, 5.74) is 3.79. The van der Waals surface area contributed by atoms with Crippen LogP contribution in [0, 0.1) is 12.7 Å². The van der Waals surface area contributed by atoms with Gasteiger partial charge in [0.15, 0.2) is 11.6 Å². The Labute approximate surface area is 261 Å². The standard InChI is InChI=1S/C32H31FN6O5S/c1-20-11-12-22(33)13-21(20)18-34-19-30(40)35-23-7-6-8-25(14-23)39(45(41)42)32-31(37-28-9-4-5-10-29(28)38-32)36-24-15-26(43-2)17-27(16-24)44-3/h4-17,34,45H,18-19H2,1-3H3,(H,35,40)(H,36,37). The van der Waals surface area contributed by atoms with Crippen LogP contribution in [0.1, 0.15) is 11.1 Å². The van der Waals surface area contributed by atoms with Crippen LogP contribution < -0.4 is 29.7 Å². The van der Waals surface area contributed by atoms with Crippen molar-refractivity contribution in [1.82, 2.24) is 15.3 Å². The lowest BCUT2D eigenvalue weighted by Crippen LogP contribution is -2.28. The monoisotopic (exact) mass is 630 g/mol. The summed E-state index contributed by atoms with van der Waals surface area (Å²) in [7, 11) is -0.220. The van der Waals surface area contributed by atoms with Gasteiger partial charge in [0.1, 0.15) is 17.3 Å². The first kappa shape index (κ1) is 31.2. The van der Waals surface area contributed by atoms with Crippen LogP contribution in [0.5, 0.6) is 11.5 Å². The van der Waals surface area contributed by atoms with Gasteiger partial charge in [0.2, 0.25) is 16.8 Å². The van der Waals surface area contributed by atoms with Crippen molar-refractivity contribution in [2.24, 2.45) is 0 Å². The number of rotatable bonds is 12. The number of hydrogen-bond acceptors (Lipinski definition) is 9. The SMILES string of the molecule is COc1cc(Nc2nc3ccccc3nc2N(c2cccc(NC(=O)CNCc3cc(F)ccc3C)c2)[SH](=O)=O)cc(OC)c1. The number of anilines is 5. The molecule has 0 saturated carbocycles. The number of aromatic nitrogens is 2. The van der Waals surface area contributed by atoms with E-state index in [1.54, 1.807) is 66.7 Å². The fraction of sp³-hybridized carbons (Fsp3) is 0.156. The number of hydrogen-bond donors (Lipinski definition) is 4. The largest absolute Gasteiger partial charge is 0.497 e. The predicted octanol–water partition coefficient (Wildman–Crippen LogP) is 5.23. The number of amides is 1. The highest BCUT2D eigenvalue weighted by Gasteiger charge is 2.21. The van der Waals surface area contributed by atoms with Gasteiger partial charge in [-0.25, -0.2) is 27.1 Å². The van der Waals surface area contributed by atoms with Crippen LogP contribution in [0.25, 0.3) is 11.0 Å². The molecular formula is C32H31FN6O5S. The lowest BCUT2D eigenvalue weighted by Gasteiger charge is -2.21.